The number of nitrogens with two attached hydrogens (primary N) is 1. The Labute approximate surface area is 95.6 Å². The number of carbonyl (C=O) groups is 1. The van der Waals surface area contributed by atoms with Crippen LogP contribution in [-0.4, -0.2) is 13.1 Å². The van der Waals surface area contributed by atoms with Gasteiger partial charge in [0, 0.05) is 6.04 Å². The highest BCUT2D eigenvalue weighted by molar-refractivity contribution is 5.89. The maximum atomic E-state index is 11.2. The molecule has 1 saturated carbocycles. The predicted octanol–water partition coefficient (Wildman–Crippen LogP) is 2.27. The molecule has 1 fully saturated rings. The molecule has 2 rings (SSSR count). The minimum Gasteiger partial charge on any atom is -0.465 e. The summed E-state index contributed by atoms with van der Waals surface area (Å²) in [6, 6.07) is 7.47. The van der Waals surface area contributed by atoms with E-state index >= 15 is 0 Å². The second kappa shape index (κ2) is 4.66. The molecule has 1 aromatic carbocycles. The summed E-state index contributed by atoms with van der Waals surface area (Å²) in [7, 11) is 1.38. The van der Waals surface area contributed by atoms with E-state index in [0.717, 1.165) is 17.9 Å². The third kappa shape index (κ3) is 2.61. The molecule has 0 heterocycles. The first-order chi connectivity index (χ1) is 7.70. The van der Waals surface area contributed by atoms with Crippen molar-refractivity contribution in [2.75, 3.05) is 7.11 Å². The van der Waals surface area contributed by atoms with E-state index in [1.54, 1.807) is 12.1 Å². The molecule has 3 nitrogen and oxygen atoms in total. The molecule has 2 N–H and O–H groups in total. The van der Waals surface area contributed by atoms with E-state index < -0.39 is 0 Å². The Morgan fingerprint density at radius 2 is 2.06 bits per heavy atom. The van der Waals surface area contributed by atoms with Crippen molar-refractivity contribution in [2.45, 2.75) is 25.3 Å². The fourth-order valence-electron chi connectivity index (χ4n) is 1.83. The van der Waals surface area contributed by atoms with Crippen LogP contribution in [0.5, 0.6) is 0 Å². The van der Waals surface area contributed by atoms with Crippen LogP contribution in [0.4, 0.5) is 0 Å². The van der Waals surface area contributed by atoms with Crippen molar-refractivity contribution in [3.63, 3.8) is 0 Å². The van der Waals surface area contributed by atoms with Gasteiger partial charge in [-0.25, -0.2) is 4.79 Å². The summed E-state index contributed by atoms with van der Waals surface area (Å²) in [6.45, 7) is 0. The number of benzene rings is 1. The Hall–Kier alpha value is -1.35. The van der Waals surface area contributed by atoms with Gasteiger partial charge in [-0.3, -0.25) is 0 Å². The summed E-state index contributed by atoms with van der Waals surface area (Å²) in [4.78, 5) is 11.2. The first kappa shape index (κ1) is 11.1. The number of ether oxygens (including phenoxy) is 1. The number of rotatable bonds is 4. The van der Waals surface area contributed by atoms with Gasteiger partial charge in [0.2, 0.25) is 0 Å². The molecular weight excluding hydrogens is 202 g/mol. The van der Waals surface area contributed by atoms with Crippen LogP contribution in [0.2, 0.25) is 0 Å². The molecule has 0 saturated heterocycles. The molecule has 16 heavy (non-hydrogen) atoms. The molecule has 0 amide bonds. The van der Waals surface area contributed by atoms with Gasteiger partial charge >= 0.3 is 5.97 Å². The third-order valence-electron chi connectivity index (χ3n) is 3.04. The van der Waals surface area contributed by atoms with E-state index in [0.29, 0.717) is 5.56 Å². The zero-order chi connectivity index (χ0) is 11.5. The maximum absolute atomic E-state index is 11.2. The Bertz CT molecular complexity index is 368. The zero-order valence-corrected chi connectivity index (χ0v) is 9.48. The minimum absolute atomic E-state index is 0.0965. The average Bonchev–Trinajstić information content (AvgIpc) is 3.12. The number of methoxy groups -OCH3 is 1. The van der Waals surface area contributed by atoms with Gasteiger partial charge in [-0.2, -0.15) is 0 Å². The van der Waals surface area contributed by atoms with E-state index in [9.17, 15) is 4.79 Å². The topological polar surface area (TPSA) is 52.3 Å². The van der Waals surface area contributed by atoms with E-state index in [4.69, 9.17) is 5.73 Å². The summed E-state index contributed by atoms with van der Waals surface area (Å²) in [6.07, 6.45) is 3.68. The third-order valence-corrected chi connectivity index (χ3v) is 3.04. The van der Waals surface area contributed by atoms with Gasteiger partial charge in [-0.15, -0.1) is 0 Å². The van der Waals surface area contributed by atoms with Crippen LogP contribution in [0.1, 0.15) is 41.2 Å². The lowest BCUT2D eigenvalue weighted by Gasteiger charge is -2.11. The number of hydrogen-bond donors (Lipinski definition) is 1. The van der Waals surface area contributed by atoms with Crippen LogP contribution in [0.15, 0.2) is 24.3 Å². The molecule has 0 aliphatic heterocycles. The Balaban J connectivity index is 2.02. The van der Waals surface area contributed by atoms with Crippen molar-refractivity contribution in [3.8, 4) is 0 Å². The molecule has 1 atom stereocenters. The SMILES string of the molecule is COC(=O)c1ccc([C@H](N)CC2CC2)cc1. The molecular formula is C13H17NO2. The quantitative estimate of drug-likeness (QED) is 0.790. The Morgan fingerprint density at radius 3 is 2.56 bits per heavy atom. The average molecular weight is 219 g/mol. The van der Waals surface area contributed by atoms with Gasteiger partial charge in [-0.1, -0.05) is 25.0 Å². The van der Waals surface area contributed by atoms with Gasteiger partial charge in [-0.05, 0) is 30.0 Å². The van der Waals surface area contributed by atoms with Crippen molar-refractivity contribution in [3.05, 3.63) is 35.4 Å². The zero-order valence-electron chi connectivity index (χ0n) is 9.48. The van der Waals surface area contributed by atoms with Gasteiger partial charge < -0.3 is 10.5 Å². The second-order valence-corrected chi connectivity index (χ2v) is 4.40. The summed E-state index contributed by atoms with van der Waals surface area (Å²) < 4.78 is 4.64. The smallest absolute Gasteiger partial charge is 0.337 e. The van der Waals surface area contributed by atoms with Crippen LogP contribution >= 0.6 is 0 Å². The van der Waals surface area contributed by atoms with Crippen molar-refractivity contribution >= 4 is 5.97 Å². The van der Waals surface area contributed by atoms with E-state index in [2.05, 4.69) is 4.74 Å². The standard InChI is InChI=1S/C13H17NO2/c1-16-13(15)11-6-4-10(5-7-11)12(14)8-9-2-3-9/h4-7,9,12H,2-3,8,14H2,1H3/t12-/m1/s1. The summed E-state index contributed by atoms with van der Waals surface area (Å²) in [5.74, 6) is 0.512. The fourth-order valence-corrected chi connectivity index (χ4v) is 1.83. The van der Waals surface area contributed by atoms with Gasteiger partial charge in [0.05, 0.1) is 12.7 Å². The maximum Gasteiger partial charge on any atom is 0.337 e. The summed E-state index contributed by atoms with van der Waals surface area (Å²) in [5, 5.41) is 0. The molecule has 0 spiro atoms. The van der Waals surface area contributed by atoms with E-state index in [1.807, 2.05) is 12.1 Å². The highest BCUT2D eigenvalue weighted by Gasteiger charge is 2.24. The molecule has 0 unspecified atom stereocenters. The molecule has 0 radical (unpaired) electrons. The Morgan fingerprint density at radius 1 is 1.44 bits per heavy atom. The fraction of sp³-hybridized carbons (Fsp3) is 0.462. The van der Waals surface area contributed by atoms with Crippen molar-refractivity contribution in [2.24, 2.45) is 11.7 Å². The molecule has 1 aliphatic carbocycles. The summed E-state index contributed by atoms with van der Waals surface area (Å²) >= 11 is 0. The molecule has 0 bridgehead atoms. The first-order valence-corrected chi connectivity index (χ1v) is 5.64. The predicted molar refractivity (Wildman–Crippen MR) is 62.1 cm³/mol. The lowest BCUT2D eigenvalue weighted by Crippen LogP contribution is -2.11. The lowest BCUT2D eigenvalue weighted by molar-refractivity contribution is 0.0600. The van der Waals surface area contributed by atoms with Crippen molar-refractivity contribution < 1.29 is 9.53 Å². The van der Waals surface area contributed by atoms with Gasteiger partial charge in [0.25, 0.3) is 0 Å². The van der Waals surface area contributed by atoms with Gasteiger partial charge in [0.1, 0.15) is 0 Å². The minimum atomic E-state index is -0.303. The monoisotopic (exact) mass is 219 g/mol. The molecule has 1 aromatic rings. The highest BCUT2D eigenvalue weighted by Crippen LogP contribution is 2.36. The Kier molecular flexibility index (Phi) is 3.25. The number of hydrogen-bond acceptors (Lipinski definition) is 3. The van der Waals surface area contributed by atoms with Crippen molar-refractivity contribution in [1.82, 2.24) is 0 Å². The lowest BCUT2D eigenvalue weighted by atomic mass is 10.0. The van der Waals surface area contributed by atoms with Crippen LogP contribution in [0.25, 0.3) is 0 Å². The van der Waals surface area contributed by atoms with Crippen molar-refractivity contribution in [1.29, 1.82) is 0 Å². The van der Waals surface area contributed by atoms with Crippen LogP contribution < -0.4 is 5.73 Å². The number of carbonyl (C=O) groups excluding carboxylic acids is 1. The van der Waals surface area contributed by atoms with Crippen LogP contribution in [0, 0.1) is 5.92 Å². The van der Waals surface area contributed by atoms with E-state index in [-0.39, 0.29) is 12.0 Å². The molecule has 86 valence electrons. The molecule has 3 heteroatoms. The van der Waals surface area contributed by atoms with Crippen LogP contribution in [0.3, 0.4) is 0 Å². The highest BCUT2D eigenvalue weighted by atomic mass is 16.5. The van der Waals surface area contributed by atoms with Crippen LogP contribution in [-0.2, 0) is 4.74 Å². The molecule has 1 aliphatic rings. The number of esters is 1. The largest absolute Gasteiger partial charge is 0.465 e. The second-order valence-electron chi connectivity index (χ2n) is 4.40. The summed E-state index contributed by atoms with van der Waals surface area (Å²) in [5.41, 5.74) is 7.75. The molecule has 0 aromatic heterocycles. The normalized spacial score (nSPS) is 16.9. The first-order valence-electron chi connectivity index (χ1n) is 5.64. The van der Waals surface area contributed by atoms with Gasteiger partial charge in [0.15, 0.2) is 0 Å². The van der Waals surface area contributed by atoms with E-state index in [1.165, 1.54) is 20.0 Å².